The van der Waals surface area contributed by atoms with E-state index in [9.17, 15) is 27.6 Å². The Morgan fingerprint density at radius 3 is 2.18 bits per heavy atom. The summed E-state index contributed by atoms with van der Waals surface area (Å²) in [6.07, 6.45) is -2.11. The molecule has 3 aliphatic heterocycles. The summed E-state index contributed by atoms with van der Waals surface area (Å²) >= 11 is -2.50. The monoisotopic (exact) mass is 1060 g/mol. The van der Waals surface area contributed by atoms with Crippen LogP contribution in [0, 0.1) is 11.6 Å². The van der Waals surface area contributed by atoms with E-state index >= 15 is 4.39 Å². The number of hydroxylamine groups is 1. The van der Waals surface area contributed by atoms with Gasteiger partial charge in [0, 0.05) is 25.3 Å². The minimum absolute atomic E-state index is 0.00681. The number of halogens is 5. The molecule has 3 aromatic carbocycles. The molecule has 0 bridgehead atoms. The van der Waals surface area contributed by atoms with Crippen LogP contribution in [0.25, 0.3) is 22.2 Å². The first-order valence-electron chi connectivity index (χ1n) is 21.4. The van der Waals surface area contributed by atoms with Crippen LogP contribution in [0.2, 0.25) is 0 Å². The number of fused-ring (bicyclic) bond motifs is 5. The van der Waals surface area contributed by atoms with E-state index in [-0.39, 0.29) is 34.0 Å². The van der Waals surface area contributed by atoms with Crippen LogP contribution in [0.3, 0.4) is 0 Å². The van der Waals surface area contributed by atoms with Crippen LogP contribution >= 0.6 is 20.1 Å². The molecule has 3 aliphatic rings. The van der Waals surface area contributed by atoms with Crippen molar-refractivity contribution in [1.29, 1.82) is 0 Å². The average Bonchev–Trinajstić information content (AvgIpc) is 3.92. The third-order valence-electron chi connectivity index (χ3n) is 9.67. The number of alkyl halides is 4. The maximum atomic E-state index is 15.0. The van der Waals surface area contributed by atoms with E-state index in [1.807, 2.05) is 49.5 Å². The molecule has 0 spiro atoms. The third-order valence-corrected chi connectivity index (χ3v) is 15.2. The third kappa shape index (κ3) is 15.8. The van der Waals surface area contributed by atoms with Crippen LogP contribution < -0.4 is 26.0 Å². The molecule has 21 heteroatoms. The zero-order valence-electron chi connectivity index (χ0n) is 39.0. The number of nitrogens with one attached hydrogen (secondary N) is 4. The number of amides is 3. The molecule has 2 fully saturated rings. The van der Waals surface area contributed by atoms with Crippen molar-refractivity contribution in [1.82, 2.24) is 23.4 Å². The molecule has 2 saturated heterocycles. The van der Waals surface area contributed by atoms with Crippen molar-refractivity contribution in [2.75, 3.05) is 67.6 Å². The molecule has 4 atom stereocenters. The molecule has 4 N–H and O–H groups in total. The molecule has 0 aliphatic carbocycles. The van der Waals surface area contributed by atoms with Crippen molar-refractivity contribution in [3.63, 3.8) is 0 Å². The second-order valence-corrected chi connectivity index (χ2v) is 20.3. The number of anilines is 2. The van der Waals surface area contributed by atoms with Crippen LogP contribution in [-0.4, -0.2) is 125 Å². The van der Waals surface area contributed by atoms with Crippen LogP contribution in [0.4, 0.5) is 33.7 Å². The summed E-state index contributed by atoms with van der Waals surface area (Å²) in [6, 6.07) is 15.3. The van der Waals surface area contributed by atoms with E-state index < -0.39 is 68.3 Å². The topological polar surface area (TPSA) is 182 Å². The van der Waals surface area contributed by atoms with Crippen molar-refractivity contribution >= 4 is 73.5 Å². The summed E-state index contributed by atoms with van der Waals surface area (Å²) in [7, 11) is 6.06. The fourth-order valence-corrected chi connectivity index (χ4v) is 12.4. The Bertz CT molecular complexity index is 2220. The summed E-state index contributed by atoms with van der Waals surface area (Å²) in [4.78, 5) is 61.1. The molecule has 370 valence electrons. The number of likely N-dealkylation sites (N-methyl/N-ethyl adjacent to an activating group) is 1. The molecule has 7 rings (SSSR count). The van der Waals surface area contributed by atoms with Gasteiger partial charge in [0.1, 0.15) is 24.6 Å². The first-order valence-corrected chi connectivity index (χ1v) is 25.4. The Morgan fingerprint density at radius 1 is 0.955 bits per heavy atom. The summed E-state index contributed by atoms with van der Waals surface area (Å²) in [5, 5.41) is 12.1. The molecule has 1 aromatic heterocycles. The van der Waals surface area contributed by atoms with E-state index in [4.69, 9.17) is 19.2 Å². The van der Waals surface area contributed by atoms with Gasteiger partial charge in [-0.2, -0.15) is 0 Å². The Labute approximate surface area is 396 Å². The van der Waals surface area contributed by atoms with Crippen LogP contribution in [0.5, 0.6) is 5.75 Å². The summed E-state index contributed by atoms with van der Waals surface area (Å²) in [5.41, 5.74) is 3.84. The summed E-state index contributed by atoms with van der Waals surface area (Å²) in [6.45, 7) is 11.4. The molecule has 67 heavy (non-hydrogen) atoms. The molecular formula is C46H62F4IN7O9. The number of rotatable bonds is 11. The zero-order valence-corrected chi connectivity index (χ0v) is 41.2. The number of benzene rings is 3. The fourth-order valence-electron chi connectivity index (χ4n) is 6.97. The van der Waals surface area contributed by atoms with Gasteiger partial charge in [0.15, 0.2) is 0 Å². The summed E-state index contributed by atoms with van der Waals surface area (Å²) in [5.74, 6) is -1.34. The van der Waals surface area contributed by atoms with Gasteiger partial charge in [-0.25, -0.2) is 13.2 Å². The SMILES string of the molecule is C=O.CCC.CNCC(=O)N1CCC(F)C1.CNc1ccc2c(c1)OC(c1cc(F)cc(F)c1)n1c-2cc2cc(NC(=O)C3CC(F)CI(CNC(=O)OC)N3OC(C)C)ccc21.COC=O. The van der Waals surface area contributed by atoms with E-state index in [0.717, 1.165) is 28.4 Å². The van der Waals surface area contributed by atoms with E-state index in [2.05, 4.69) is 44.6 Å². The molecule has 0 radical (unpaired) electrons. The number of nitrogens with zero attached hydrogens (tertiary/aromatic N) is 3. The number of carbonyl (C=O) groups excluding carboxylic acids is 5. The minimum Gasteiger partial charge on any atom is -0.471 e. The number of hydrogen-bond acceptors (Lipinski definition) is 12. The largest absolute Gasteiger partial charge is 0.471 e. The van der Waals surface area contributed by atoms with Gasteiger partial charge < -0.3 is 25.1 Å². The standard InChI is InChI=1S/C33H35F3IN5O5.C7H13FN2O.C3H8.C2H4O2.CH2O/c1-18(2)47-42-29(14-23(36)16-37(42)17-39-33(44)45-4)31(43)40-25-6-8-27-19(11-25)12-28-26-7-5-24(38-3)15-30(26)46-32(41(27)28)20-9-21(34)13-22(35)10-20;1-9-4-7(11)10-3-2-6(8)5-10;1-3-2;1-4-2-3;1-2/h5-13,15,18,23,29,32,38H,14,16-17H2,1-4H3,(H,39,44)(H,40,43);6,9H,2-5H2,1H3;3H2,1-2H3;2H,1H3;1H2. The molecule has 4 aromatic rings. The minimum atomic E-state index is -2.50. The van der Waals surface area contributed by atoms with Crippen molar-refractivity contribution in [2.24, 2.45) is 0 Å². The molecule has 0 saturated carbocycles. The molecule has 4 unspecified atom stereocenters. The van der Waals surface area contributed by atoms with Gasteiger partial charge in [-0.15, -0.1) is 0 Å². The fraction of sp³-hybridized carbons (Fsp3) is 0.457. The number of alkyl carbamates (subject to hydrolysis) is 1. The molecule has 4 heterocycles. The normalized spacial score (nSPS) is 18.6. The van der Waals surface area contributed by atoms with Gasteiger partial charge in [-0.1, -0.05) is 20.3 Å². The smallest absolute Gasteiger partial charge is 0.292 e. The summed E-state index contributed by atoms with van der Waals surface area (Å²) < 4.78 is 75.1. The maximum absolute atomic E-state index is 15.0. The first kappa shape index (κ1) is 55.8. The molecular weight excluding hydrogens is 997 g/mol. The van der Waals surface area contributed by atoms with Gasteiger partial charge in [0.2, 0.25) is 5.91 Å². The first-order chi connectivity index (χ1) is 32.1. The number of aromatic nitrogens is 1. The van der Waals surface area contributed by atoms with Crippen molar-refractivity contribution in [3.8, 4) is 17.0 Å². The Morgan fingerprint density at radius 2 is 1.61 bits per heavy atom. The van der Waals surface area contributed by atoms with E-state index in [0.29, 0.717) is 48.5 Å². The predicted octanol–water partition coefficient (Wildman–Crippen LogP) is 7.79. The molecule has 16 nitrogen and oxygen atoms in total. The van der Waals surface area contributed by atoms with Crippen LogP contribution in [0.1, 0.15) is 58.7 Å². The Hall–Kier alpha value is -5.52. The Balaban J connectivity index is 0.000000499. The number of carbonyl (C=O) groups is 5. The van der Waals surface area contributed by atoms with Gasteiger partial charge in [-0.3, -0.25) is 9.59 Å². The van der Waals surface area contributed by atoms with Crippen LogP contribution in [-0.2, 0) is 33.5 Å². The van der Waals surface area contributed by atoms with Gasteiger partial charge in [0.05, 0.1) is 20.2 Å². The van der Waals surface area contributed by atoms with Crippen LogP contribution in [0.15, 0.2) is 60.7 Å². The van der Waals surface area contributed by atoms with E-state index in [1.165, 1.54) is 32.8 Å². The second kappa shape index (κ2) is 28.0. The second-order valence-electron chi connectivity index (χ2n) is 15.3. The van der Waals surface area contributed by atoms with Crippen molar-refractivity contribution < 1.29 is 60.6 Å². The predicted molar refractivity (Wildman–Crippen MR) is 258 cm³/mol. The zero-order chi connectivity index (χ0) is 49.8. The number of methoxy groups -OCH3 is 2. The number of likely N-dealkylation sites (tertiary alicyclic amines) is 1. The maximum Gasteiger partial charge on any atom is 0.292 e. The Kier molecular flexibility index (Phi) is 23.3. The van der Waals surface area contributed by atoms with Gasteiger partial charge in [-0.05, 0) is 13.5 Å². The number of ether oxygens (including phenoxy) is 3. The number of hydrogen-bond donors (Lipinski definition) is 4. The van der Waals surface area contributed by atoms with Crippen molar-refractivity contribution in [3.05, 3.63) is 77.9 Å². The van der Waals surface area contributed by atoms with E-state index in [1.54, 1.807) is 40.5 Å². The van der Waals surface area contributed by atoms with Crippen molar-refractivity contribution in [2.45, 2.75) is 77.7 Å². The quantitative estimate of drug-likeness (QED) is 0.0286. The van der Waals surface area contributed by atoms with Gasteiger partial charge >= 0.3 is 234 Å². The van der Waals surface area contributed by atoms with Gasteiger partial charge in [0.25, 0.3) is 6.47 Å². The molecule has 3 amide bonds. The average molecular weight is 1060 g/mol.